The molecule has 0 spiro atoms. The Hall–Kier alpha value is -3.78. The molecular formula is C36H37NO5. The molecule has 4 aromatic carbocycles. The topological polar surface area (TPSA) is 62.1 Å². The van der Waals surface area contributed by atoms with Crippen LogP contribution < -0.4 is 0 Å². The van der Waals surface area contributed by atoms with Gasteiger partial charge in [-0.05, 0) is 35.2 Å². The summed E-state index contributed by atoms with van der Waals surface area (Å²) >= 11 is 0. The van der Waals surface area contributed by atoms with Crippen LogP contribution in [0.5, 0.6) is 0 Å². The minimum atomic E-state index is -0.991. The van der Waals surface area contributed by atoms with Gasteiger partial charge in [-0.25, -0.2) is 0 Å². The molecule has 0 radical (unpaired) electrons. The molecule has 42 heavy (non-hydrogen) atoms. The Kier molecular flexibility index (Phi) is 9.09. The lowest BCUT2D eigenvalue weighted by Gasteiger charge is -2.45. The Balaban J connectivity index is 1.31. The van der Waals surface area contributed by atoms with Crippen LogP contribution in [0.4, 0.5) is 0 Å². The van der Waals surface area contributed by atoms with Crippen LogP contribution in [-0.4, -0.2) is 40.7 Å². The van der Waals surface area contributed by atoms with Crippen molar-refractivity contribution in [1.29, 1.82) is 0 Å². The molecule has 1 fully saturated rings. The molecule has 5 aromatic rings. The molecule has 1 aliphatic rings. The van der Waals surface area contributed by atoms with Crippen molar-refractivity contribution in [2.75, 3.05) is 6.61 Å². The number of para-hydroxylation sites is 1. The Bertz CT molecular complexity index is 1540. The van der Waals surface area contributed by atoms with Crippen molar-refractivity contribution in [3.05, 3.63) is 144 Å². The monoisotopic (exact) mass is 563 g/mol. The number of nitrogens with zero attached hydrogens (tertiary/aromatic N) is 1. The summed E-state index contributed by atoms with van der Waals surface area (Å²) in [5.74, 6) is 0. The lowest BCUT2D eigenvalue weighted by molar-refractivity contribution is -0.278. The predicted molar refractivity (Wildman–Crippen MR) is 163 cm³/mol. The number of fused-ring (bicyclic) bond motifs is 1. The smallest absolute Gasteiger partial charge is 0.163 e. The van der Waals surface area contributed by atoms with Crippen LogP contribution in [0.3, 0.4) is 0 Å². The molecule has 2 heterocycles. The summed E-state index contributed by atoms with van der Waals surface area (Å²) in [5.41, 5.74) is 5.24. The molecule has 0 bridgehead atoms. The maximum atomic E-state index is 11.9. The number of hydrogen-bond acceptors (Lipinski definition) is 5. The quantitative estimate of drug-likeness (QED) is 0.196. The second-order valence-corrected chi connectivity index (χ2v) is 10.8. The maximum Gasteiger partial charge on any atom is 0.163 e. The highest BCUT2D eigenvalue weighted by Crippen LogP contribution is 2.36. The number of hydrogen-bond donors (Lipinski definition) is 1. The molecule has 1 aliphatic heterocycles. The van der Waals surface area contributed by atoms with Gasteiger partial charge >= 0.3 is 0 Å². The largest absolute Gasteiger partial charge is 0.386 e. The van der Waals surface area contributed by atoms with Gasteiger partial charge in [0, 0.05) is 11.6 Å². The number of aliphatic hydroxyl groups is 1. The Labute approximate surface area is 247 Å². The molecule has 5 atom stereocenters. The van der Waals surface area contributed by atoms with Crippen LogP contribution >= 0.6 is 0 Å². The first-order chi connectivity index (χ1) is 20.7. The molecule has 1 N–H and O–H groups in total. The van der Waals surface area contributed by atoms with Crippen LogP contribution in [0.15, 0.2) is 121 Å². The van der Waals surface area contributed by atoms with E-state index in [2.05, 4.69) is 19.1 Å². The van der Waals surface area contributed by atoms with E-state index in [1.807, 2.05) is 114 Å². The molecule has 216 valence electrons. The molecule has 6 heteroatoms. The van der Waals surface area contributed by atoms with Crippen molar-refractivity contribution in [2.45, 2.75) is 57.4 Å². The number of benzene rings is 4. The molecule has 1 aromatic heterocycles. The van der Waals surface area contributed by atoms with Gasteiger partial charge in [-0.1, -0.05) is 109 Å². The van der Waals surface area contributed by atoms with Crippen molar-refractivity contribution >= 4 is 10.9 Å². The zero-order chi connectivity index (χ0) is 28.7. The Morgan fingerprint density at radius 1 is 0.667 bits per heavy atom. The van der Waals surface area contributed by atoms with E-state index in [1.165, 1.54) is 0 Å². The zero-order valence-electron chi connectivity index (χ0n) is 23.8. The first-order valence-corrected chi connectivity index (χ1v) is 14.5. The van der Waals surface area contributed by atoms with Gasteiger partial charge in [-0.2, -0.15) is 0 Å². The van der Waals surface area contributed by atoms with Crippen molar-refractivity contribution < 1.29 is 24.1 Å². The van der Waals surface area contributed by atoms with Gasteiger partial charge in [0.2, 0.25) is 0 Å². The maximum absolute atomic E-state index is 11.9. The predicted octanol–water partition coefficient (Wildman–Crippen LogP) is 6.60. The third-order valence-electron chi connectivity index (χ3n) is 7.81. The normalized spacial score (nSPS) is 22.4. The Morgan fingerprint density at radius 2 is 1.19 bits per heavy atom. The van der Waals surface area contributed by atoms with E-state index < -0.39 is 30.6 Å². The third kappa shape index (κ3) is 6.49. The molecular weight excluding hydrogens is 526 g/mol. The van der Waals surface area contributed by atoms with E-state index in [1.54, 1.807) is 0 Å². The van der Waals surface area contributed by atoms with E-state index >= 15 is 0 Å². The van der Waals surface area contributed by atoms with Gasteiger partial charge in [0.25, 0.3) is 0 Å². The summed E-state index contributed by atoms with van der Waals surface area (Å²) in [6.45, 7) is 3.49. The van der Waals surface area contributed by atoms with Crippen molar-refractivity contribution in [3.63, 3.8) is 0 Å². The Morgan fingerprint density at radius 3 is 1.81 bits per heavy atom. The summed E-state index contributed by atoms with van der Waals surface area (Å²) < 4.78 is 28.0. The average molecular weight is 564 g/mol. The number of aryl methyl sites for hydroxylation is 1. The first kappa shape index (κ1) is 28.3. The SMILES string of the molecule is Cc1cn([C@@H]2O[C@H](COCc3ccccc3)[C@@H](OCc3ccccc3)[C@H](OCc3ccccc3)[C@H]2O)c2ccccc12. The summed E-state index contributed by atoms with van der Waals surface area (Å²) in [5, 5.41) is 13.0. The van der Waals surface area contributed by atoms with Crippen LogP contribution in [0, 0.1) is 6.92 Å². The molecule has 6 nitrogen and oxygen atoms in total. The second-order valence-electron chi connectivity index (χ2n) is 10.8. The summed E-state index contributed by atoms with van der Waals surface area (Å²) in [7, 11) is 0. The number of rotatable bonds is 11. The second kappa shape index (κ2) is 13.5. The summed E-state index contributed by atoms with van der Waals surface area (Å²) in [4.78, 5) is 0. The number of aliphatic hydroxyl groups excluding tert-OH is 1. The van der Waals surface area contributed by atoms with Gasteiger partial charge in [0.15, 0.2) is 6.23 Å². The van der Waals surface area contributed by atoms with Gasteiger partial charge < -0.3 is 28.6 Å². The van der Waals surface area contributed by atoms with Gasteiger partial charge in [0.05, 0.1) is 31.9 Å². The highest BCUT2D eigenvalue weighted by molar-refractivity contribution is 5.83. The zero-order valence-corrected chi connectivity index (χ0v) is 23.8. The molecule has 6 rings (SSSR count). The van der Waals surface area contributed by atoms with E-state index in [4.69, 9.17) is 18.9 Å². The van der Waals surface area contributed by atoms with Crippen LogP contribution in [-0.2, 0) is 38.8 Å². The highest BCUT2D eigenvalue weighted by Gasteiger charge is 2.48. The highest BCUT2D eigenvalue weighted by atomic mass is 16.6. The fraction of sp³-hybridized carbons (Fsp3) is 0.278. The van der Waals surface area contributed by atoms with E-state index in [0.717, 1.165) is 33.2 Å². The standard InChI is InChI=1S/C36H37NO5/c1-26-21-37(31-20-12-11-19-30(26)31)36-33(38)35(41-24-29-17-9-4-10-18-29)34(40-23-28-15-7-3-8-16-28)32(42-36)25-39-22-27-13-5-2-6-14-27/h2-21,32-36,38H,22-25H2,1H3/t32-,33-,34-,35-,36-/m1/s1. The van der Waals surface area contributed by atoms with Gasteiger partial charge in [-0.3, -0.25) is 0 Å². The molecule has 0 unspecified atom stereocenters. The van der Waals surface area contributed by atoms with Crippen LogP contribution in [0.25, 0.3) is 10.9 Å². The number of aromatic nitrogens is 1. The first-order valence-electron chi connectivity index (χ1n) is 14.5. The minimum Gasteiger partial charge on any atom is -0.386 e. The van der Waals surface area contributed by atoms with Crippen LogP contribution in [0.2, 0.25) is 0 Å². The van der Waals surface area contributed by atoms with Crippen molar-refractivity contribution in [1.82, 2.24) is 4.57 Å². The van der Waals surface area contributed by atoms with Crippen molar-refractivity contribution in [3.8, 4) is 0 Å². The van der Waals surface area contributed by atoms with Gasteiger partial charge in [0.1, 0.15) is 24.4 Å². The van der Waals surface area contributed by atoms with E-state index in [-0.39, 0.29) is 6.61 Å². The lowest BCUT2D eigenvalue weighted by Crippen LogP contribution is -2.58. The molecule has 1 saturated heterocycles. The van der Waals surface area contributed by atoms with Crippen LogP contribution in [0.1, 0.15) is 28.5 Å². The fourth-order valence-electron chi connectivity index (χ4n) is 5.66. The number of ether oxygens (including phenoxy) is 4. The third-order valence-corrected chi connectivity index (χ3v) is 7.81. The lowest BCUT2D eigenvalue weighted by atomic mass is 9.97. The van der Waals surface area contributed by atoms with Crippen molar-refractivity contribution in [2.24, 2.45) is 0 Å². The summed E-state index contributed by atoms with van der Waals surface area (Å²) in [6, 6.07) is 38.3. The minimum absolute atomic E-state index is 0.279. The molecule has 0 saturated carbocycles. The summed E-state index contributed by atoms with van der Waals surface area (Å²) in [6.07, 6.45) is -1.37. The molecule has 0 amide bonds. The van der Waals surface area contributed by atoms with Gasteiger partial charge in [-0.15, -0.1) is 0 Å². The fourth-order valence-corrected chi connectivity index (χ4v) is 5.66. The van der Waals surface area contributed by atoms with E-state index in [9.17, 15) is 5.11 Å². The molecule has 0 aliphatic carbocycles. The van der Waals surface area contributed by atoms with E-state index in [0.29, 0.717) is 19.8 Å². The average Bonchev–Trinajstić information content (AvgIpc) is 3.37.